The molecule has 0 aromatic heterocycles. The monoisotopic (exact) mass is 213 g/mol. The summed E-state index contributed by atoms with van der Waals surface area (Å²) in [4.78, 5) is 13.2. The molecule has 0 spiro atoms. The summed E-state index contributed by atoms with van der Waals surface area (Å²) in [6.07, 6.45) is 6.51. The summed E-state index contributed by atoms with van der Waals surface area (Å²) in [7, 11) is 0. The van der Waals surface area contributed by atoms with Crippen LogP contribution in [0.5, 0.6) is 0 Å². The van der Waals surface area contributed by atoms with Gasteiger partial charge in [0.2, 0.25) is 0 Å². The first-order valence-electron chi connectivity index (χ1n) is 5.93. The third kappa shape index (κ3) is 2.62. The molecule has 1 aliphatic carbocycles. The van der Waals surface area contributed by atoms with Crippen LogP contribution in [0, 0.1) is 0 Å². The minimum atomic E-state index is -0.316. The van der Waals surface area contributed by atoms with Crippen molar-refractivity contribution in [1.82, 2.24) is 4.90 Å². The second-order valence-corrected chi connectivity index (χ2v) is 4.48. The van der Waals surface area contributed by atoms with E-state index in [2.05, 4.69) is 6.92 Å². The Labute approximate surface area is 92.0 Å². The van der Waals surface area contributed by atoms with Crippen LogP contribution >= 0.6 is 0 Å². The van der Waals surface area contributed by atoms with Crippen LogP contribution < -0.4 is 11.5 Å². The first-order valence-corrected chi connectivity index (χ1v) is 5.93. The highest BCUT2D eigenvalue weighted by molar-refractivity contribution is 5.73. The number of nitrogens with zero attached hydrogens (tertiary/aromatic N) is 1. The smallest absolute Gasteiger partial charge is 0.315 e. The van der Waals surface area contributed by atoms with E-state index < -0.39 is 0 Å². The third-order valence-electron chi connectivity index (χ3n) is 3.45. The van der Waals surface area contributed by atoms with Crippen molar-refractivity contribution in [3.8, 4) is 0 Å². The normalized spacial score (nSPS) is 19.9. The van der Waals surface area contributed by atoms with Crippen LogP contribution in [0.2, 0.25) is 0 Å². The predicted molar refractivity (Wildman–Crippen MR) is 61.5 cm³/mol. The summed E-state index contributed by atoms with van der Waals surface area (Å²) in [5, 5.41) is 0. The largest absolute Gasteiger partial charge is 0.351 e. The molecule has 0 saturated heterocycles. The van der Waals surface area contributed by atoms with Crippen molar-refractivity contribution in [2.75, 3.05) is 13.1 Å². The van der Waals surface area contributed by atoms with E-state index >= 15 is 0 Å². The summed E-state index contributed by atoms with van der Waals surface area (Å²) in [5.41, 5.74) is 11.2. The molecule has 1 aliphatic rings. The number of primary amides is 1. The van der Waals surface area contributed by atoms with Crippen molar-refractivity contribution in [2.24, 2.45) is 11.5 Å². The Bertz CT molecular complexity index is 212. The highest BCUT2D eigenvalue weighted by Gasteiger charge is 2.38. The van der Waals surface area contributed by atoms with E-state index in [4.69, 9.17) is 11.5 Å². The zero-order valence-corrected chi connectivity index (χ0v) is 9.67. The van der Waals surface area contributed by atoms with Crippen LogP contribution in [0.25, 0.3) is 0 Å². The number of rotatable bonds is 4. The van der Waals surface area contributed by atoms with E-state index in [1.165, 1.54) is 6.42 Å². The second-order valence-electron chi connectivity index (χ2n) is 4.48. The molecule has 88 valence electrons. The van der Waals surface area contributed by atoms with Crippen LogP contribution in [0.3, 0.4) is 0 Å². The molecule has 1 fully saturated rings. The number of urea groups is 1. The molecule has 1 rings (SSSR count). The number of amides is 2. The van der Waals surface area contributed by atoms with Gasteiger partial charge in [-0.2, -0.15) is 0 Å². The van der Waals surface area contributed by atoms with Crippen LogP contribution in [-0.2, 0) is 0 Å². The lowest BCUT2D eigenvalue weighted by atomic mass is 9.80. The van der Waals surface area contributed by atoms with Crippen molar-refractivity contribution in [3.63, 3.8) is 0 Å². The van der Waals surface area contributed by atoms with Crippen LogP contribution in [-0.4, -0.2) is 29.6 Å². The zero-order chi connectivity index (χ0) is 11.3. The van der Waals surface area contributed by atoms with Crippen molar-refractivity contribution >= 4 is 6.03 Å². The fraction of sp³-hybridized carbons (Fsp3) is 0.909. The van der Waals surface area contributed by atoms with Gasteiger partial charge in [-0.1, -0.05) is 26.2 Å². The molecule has 0 aliphatic heterocycles. The lowest BCUT2D eigenvalue weighted by Gasteiger charge is -2.45. The molecule has 0 atom stereocenters. The number of carbonyl (C=O) groups excluding carboxylic acids is 1. The van der Waals surface area contributed by atoms with Gasteiger partial charge >= 0.3 is 6.03 Å². The van der Waals surface area contributed by atoms with Gasteiger partial charge in [0, 0.05) is 13.1 Å². The first kappa shape index (κ1) is 12.3. The maximum absolute atomic E-state index is 11.4. The predicted octanol–water partition coefficient (Wildman–Crippen LogP) is 1.44. The van der Waals surface area contributed by atoms with Gasteiger partial charge in [0.15, 0.2) is 0 Å². The molecule has 4 nitrogen and oxygen atoms in total. The summed E-state index contributed by atoms with van der Waals surface area (Å²) in [6.45, 7) is 3.32. The Kier molecular flexibility index (Phi) is 4.39. The van der Waals surface area contributed by atoms with E-state index in [1.54, 1.807) is 4.90 Å². The van der Waals surface area contributed by atoms with Crippen molar-refractivity contribution < 1.29 is 4.79 Å². The molecule has 0 bridgehead atoms. The first-order chi connectivity index (χ1) is 7.16. The maximum Gasteiger partial charge on any atom is 0.315 e. The van der Waals surface area contributed by atoms with Crippen LogP contribution in [0.15, 0.2) is 0 Å². The molecule has 1 saturated carbocycles. The second kappa shape index (κ2) is 5.35. The van der Waals surface area contributed by atoms with Crippen molar-refractivity contribution in [1.29, 1.82) is 0 Å². The molecule has 0 heterocycles. The average Bonchev–Trinajstić information content (AvgIpc) is 2.26. The SMILES string of the molecule is CCCN(C(N)=O)C1(CN)CCCCC1. The van der Waals surface area contributed by atoms with E-state index in [0.717, 1.165) is 38.6 Å². The summed E-state index contributed by atoms with van der Waals surface area (Å²) < 4.78 is 0. The van der Waals surface area contributed by atoms with E-state index in [1.807, 2.05) is 0 Å². The average molecular weight is 213 g/mol. The summed E-state index contributed by atoms with van der Waals surface area (Å²) >= 11 is 0. The van der Waals surface area contributed by atoms with Crippen molar-refractivity contribution in [3.05, 3.63) is 0 Å². The van der Waals surface area contributed by atoms with Crippen molar-refractivity contribution in [2.45, 2.75) is 51.0 Å². The van der Waals surface area contributed by atoms with E-state index in [9.17, 15) is 4.79 Å². The molecular formula is C11H23N3O. The number of carbonyl (C=O) groups is 1. The fourth-order valence-electron chi connectivity index (χ4n) is 2.60. The standard InChI is InChI=1S/C11H23N3O/c1-2-8-14(10(13)15)11(9-12)6-4-3-5-7-11/h2-9,12H2,1H3,(H2,13,15). The molecule has 4 heteroatoms. The minimum Gasteiger partial charge on any atom is -0.351 e. The Morgan fingerprint density at radius 3 is 2.33 bits per heavy atom. The van der Waals surface area contributed by atoms with Crippen LogP contribution in [0.1, 0.15) is 45.4 Å². The Morgan fingerprint density at radius 2 is 1.93 bits per heavy atom. The van der Waals surface area contributed by atoms with Gasteiger partial charge in [0.1, 0.15) is 0 Å². The summed E-state index contributed by atoms with van der Waals surface area (Å²) in [6, 6.07) is -0.316. The number of hydrogen-bond donors (Lipinski definition) is 2. The molecule has 0 unspecified atom stereocenters. The highest BCUT2D eigenvalue weighted by Crippen LogP contribution is 2.32. The molecule has 4 N–H and O–H groups in total. The van der Waals surface area contributed by atoms with Gasteiger partial charge in [-0.05, 0) is 19.3 Å². The molecular weight excluding hydrogens is 190 g/mol. The topological polar surface area (TPSA) is 72.3 Å². The Balaban J connectivity index is 2.79. The van der Waals surface area contributed by atoms with E-state index in [-0.39, 0.29) is 11.6 Å². The highest BCUT2D eigenvalue weighted by atomic mass is 16.2. The minimum absolute atomic E-state index is 0.153. The summed E-state index contributed by atoms with van der Waals surface area (Å²) in [5.74, 6) is 0. The molecule has 0 aromatic carbocycles. The molecule has 0 aromatic rings. The third-order valence-corrected chi connectivity index (χ3v) is 3.45. The van der Waals surface area contributed by atoms with Gasteiger partial charge in [-0.15, -0.1) is 0 Å². The van der Waals surface area contributed by atoms with Gasteiger partial charge in [0.25, 0.3) is 0 Å². The van der Waals surface area contributed by atoms with Gasteiger partial charge < -0.3 is 16.4 Å². The molecule has 0 radical (unpaired) electrons. The Hall–Kier alpha value is -0.770. The fourth-order valence-corrected chi connectivity index (χ4v) is 2.60. The quantitative estimate of drug-likeness (QED) is 0.741. The van der Waals surface area contributed by atoms with Gasteiger partial charge in [-0.3, -0.25) is 0 Å². The van der Waals surface area contributed by atoms with Gasteiger partial charge in [0.05, 0.1) is 5.54 Å². The number of nitrogens with two attached hydrogens (primary N) is 2. The Morgan fingerprint density at radius 1 is 1.33 bits per heavy atom. The zero-order valence-electron chi connectivity index (χ0n) is 9.67. The maximum atomic E-state index is 11.4. The molecule has 2 amide bonds. The number of hydrogen-bond acceptors (Lipinski definition) is 2. The lowest BCUT2D eigenvalue weighted by Crippen LogP contribution is -2.59. The lowest BCUT2D eigenvalue weighted by molar-refractivity contribution is 0.0885. The van der Waals surface area contributed by atoms with E-state index in [0.29, 0.717) is 6.54 Å². The van der Waals surface area contributed by atoms with Crippen LogP contribution in [0.4, 0.5) is 4.79 Å². The molecule has 15 heavy (non-hydrogen) atoms. The van der Waals surface area contributed by atoms with Gasteiger partial charge in [-0.25, -0.2) is 4.79 Å².